The number of amides is 3. The number of aromatic nitrogens is 2. The monoisotopic (exact) mass is 436 g/mol. The predicted octanol–water partition coefficient (Wildman–Crippen LogP) is 3.32. The van der Waals surface area contributed by atoms with Crippen LogP contribution in [0.2, 0.25) is 0 Å². The van der Waals surface area contributed by atoms with Crippen molar-refractivity contribution in [3.05, 3.63) is 20.8 Å². The number of fused-ring (bicyclic) bond motifs is 3. The fourth-order valence-electron chi connectivity index (χ4n) is 3.46. The average molecular weight is 437 g/mol. The fourth-order valence-corrected chi connectivity index (χ4v) is 5.75. The first-order chi connectivity index (χ1) is 13.6. The van der Waals surface area contributed by atoms with Crippen LogP contribution in [0.3, 0.4) is 0 Å². The van der Waals surface area contributed by atoms with E-state index in [9.17, 15) is 14.4 Å². The van der Waals surface area contributed by atoms with E-state index in [0.717, 1.165) is 35.0 Å². The van der Waals surface area contributed by atoms with Crippen LogP contribution in [-0.4, -0.2) is 32.8 Å². The molecule has 1 atom stereocenters. The third-order valence-corrected chi connectivity index (χ3v) is 6.89. The quantitative estimate of drug-likeness (QED) is 0.567. The normalized spacial score (nSPS) is 16.5. The molecule has 0 saturated heterocycles. The number of thioether (sulfide) groups is 1. The number of hydrogen-bond acceptors (Lipinski definition) is 6. The Labute approximate surface area is 178 Å². The lowest BCUT2D eigenvalue weighted by Crippen LogP contribution is -2.48. The third kappa shape index (κ3) is 5.01. The summed E-state index contributed by atoms with van der Waals surface area (Å²) in [5.74, 6) is 0.214. The molecule has 0 bridgehead atoms. The number of hydrogen-bond donors (Lipinski definition) is 2. The summed E-state index contributed by atoms with van der Waals surface area (Å²) in [5.41, 5.74) is 0.705. The Balaban J connectivity index is 1.80. The zero-order valence-corrected chi connectivity index (χ0v) is 19.2. The lowest BCUT2D eigenvalue weighted by molar-refractivity contribution is -0.117. The number of nitrogens with zero attached hydrogens (tertiary/aromatic N) is 2. The molecule has 7 nitrogen and oxygen atoms in total. The largest absolute Gasteiger partial charge is 0.333 e. The number of urea groups is 1. The molecule has 0 spiro atoms. The van der Waals surface area contributed by atoms with E-state index in [1.165, 1.54) is 16.6 Å². The van der Waals surface area contributed by atoms with Crippen LogP contribution in [0.1, 0.15) is 51.5 Å². The molecule has 29 heavy (non-hydrogen) atoms. The highest BCUT2D eigenvalue weighted by molar-refractivity contribution is 7.99. The summed E-state index contributed by atoms with van der Waals surface area (Å²) < 4.78 is 1.63. The molecule has 2 N–H and O–H groups in total. The summed E-state index contributed by atoms with van der Waals surface area (Å²) in [5, 5.41) is 6.27. The van der Waals surface area contributed by atoms with Crippen molar-refractivity contribution in [2.45, 2.75) is 71.1 Å². The van der Waals surface area contributed by atoms with Gasteiger partial charge < -0.3 is 5.32 Å². The molecule has 0 aromatic carbocycles. The first-order valence-corrected chi connectivity index (χ1v) is 11.7. The summed E-state index contributed by atoms with van der Waals surface area (Å²) in [6.07, 6.45) is 3.02. The fraction of sp³-hybridized carbons (Fsp3) is 0.600. The molecule has 3 rings (SSSR count). The summed E-state index contributed by atoms with van der Waals surface area (Å²) in [7, 11) is 0. The van der Waals surface area contributed by atoms with Crippen LogP contribution in [-0.2, 0) is 24.2 Å². The van der Waals surface area contributed by atoms with Gasteiger partial charge in [0.25, 0.3) is 5.56 Å². The van der Waals surface area contributed by atoms with Crippen molar-refractivity contribution in [3.8, 4) is 0 Å². The van der Waals surface area contributed by atoms with E-state index >= 15 is 0 Å². The summed E-state index contributed by atoms with van der Waals surface area (Å²) in [6, 6.07) is -0.528. The second-order valence-corrected chi connectivity index (χ2v) is 10.5. The van der Waals surface area contributed by atoms with Gasteiger partial charge in [-0.3, -0.25) is 19.5 Å². The van der Waals surface area contributed by atoms with Gasteiger partial charge in [-0.25, -0.2) is 9.78 Å². The number of imide groups is 1. The number of carbonyl (C=O) groups excluding carboxylic acids is 2. The SMILES string of the molecule is CCn1c(SCC(=O)NC(=O)NC(C)(C)C)nc2sc3c(c2c1=O)CCC(C)C3. The first kappa shape index (κ1) is 21.8. The highest BCUT2D eigenvalue weighted by Gasteiger charge is 2.25. The molecule has 3 amide bonds. The Morgan fingerprint density at radius 1 is 1.34 bits per heavy atom. The van der Waals surface area contributed by atoms with Gasteiger partial charge in [0.2, 0.25) is 5.91 Å². The van der Waals surface area contributed by atoms with E-state index in [2.05, 4.69) is 17.6 Å². The Morgan fingerprint density at radius 3 is 2.72 bits per heavy atom. The molecule has 9 heteroatoms. The van der Waals surface area contributed by atoms with Crippen molar-refractivity contribution in [3.63, 3.8) is 0 Å². The molecule has 1 unspecified atom stereocenters. The van der Waals surface area contributed by atoms with Crippen molar-refractivity contribution in [1.82, 2.24) is 20.2 Å². The third-order valence-electron chi connectivity index (χ3n) is 4.77. The maximum absolute atomic E-state index is 13.1. The summed E-state index contributed by atoms with van der Waals surface area (Å²) in [6.45, 7) is 10.1. The van der Waals surface area contributed by atoms with Crippen LogP contribution in [0.4, 0.5) is 4.79 Å². The maximum atomic E-state index is 13.1. The molecular weight excluding hydrogens is 408 g/mol. The lowest BCUT2D eigenvalue weighted by atomic mass is 9.89. The lowest BCUT2D eigenvalue weighted by Gasteiger charge is -2.20. The minimum absolute atomic E-state index is 0.0115. The van der Waals surface area contributed by atoms with Crippen LogP contribution >= 0.6 is 23.1 Å². The molecule has 0 radical (unpaired) electrons. The second kappa shape index (κ2) is 8.47. The van der Waals surface area contributed by atoms with Gasteiger partial charge in [-0.1, -0.05) is 18.7 Å². The van der Waals surface area contributed by atoms with Crippen molar-refractivity contribution >= 4 is 45.3 Å². The second-order valence-electron chi connectivity index (χ2n) is 8.52. The smallest absolute Gasteiger partial charge is 0.321 e. The van der Waals surface area contributed by atoms with Crippen LogP contribution in [0.15, 0.2) is 9.95 Å². The van der Waals surface area contributed by atoms with Gasteiger partial charge in [-0.15, -0.1) is 11.3 Å². The summed E-state index contributed by atoms with van der Waals surface area (Å²) in [4.78, 5) is 43.9. The molecule has 0 aliphatic heterocycles. The maximum Gasteiger partial charge on any atom is 0.321 e. The van der Waals surface area contributed by atoms with Crippen LogP contribution < -0.4 is 16.2 Å². The topological polar surface area (TPSA) is 93.1 Å². The number of aryl methyl sites for hydroxylation is 1. The number of rotatable bonds is 4. The average Bonchev–Trinajstić information content (AvgIpc) is 2.95. The van der Waals surface area contributed by atoms with Crippen molar-refractivity contribution < 1.29 is 9.59 Å². The molecule has 2 aromatic rings. The minimum atomic E-state index is -0.528. The molecule has 2 heterocycles. The van der Waals surface area contributed by atoms with E-state index in [-0.39, 0.29) is 11.3 Å². The van der Waals surface area contributed by atoms with Crippen LogP contribution in [0.5, 0.6) is 0 Å². The Hall–Kier alpha value is -1.87. The van der Waals surface area contributed by atoms with Crippen LogP contribution in [0, 0.1) is 5.92 Å². The Bertz CT molecular complexity index is 1000. The van der Waals surface area contributed by atoms with Crippen molar-refractivity contribution in [2.24, 2.45) is 5.92 Å². The molecule has 2 aromatic heterocycles. The van der Waals surface area contributed by atoms with E-state index in [1.807, 2.05) is 27.7 Å². The molecule has 0 saturated carbocycles. The minimum Gasteiger partial charge on any atom is -0.333 e. The van der Waals surface area contributed by atoms with Gasteiger partial charge in [0, 0.05) is 17.0 Å². The number of thiophene rings is 1. The standard InChI is InChI=1S/C20H28N4O3S2/c1-6-24-17(26)15-12-8-7-11(2)9-13(12)29-16(15)22-19(24)28-10-14(25)21-18(27)23-20(3,4)5/h11H,6-10H2,1-5H3,(H2,21,23,25,27). The van der Waals surface area contributed by atoms with Gasteiger partial charge >= 0.3 is 6.03 Å². The highest BCUT2D eigenvalue weighted by Crippen LogP contribution is 2.36. The Kier molecular flexibility index (Phi) is 6.38. The van der Waals surface area contributed by atoms with Gasteiger partial charge in [-0.05, 0) is 58.4 Å². The van der Waals surface area contributed by atoms with E-state index < -0.39 is 17.5 Å². The van der Waals surface area contributed by atoms with Crippen LogP contribution in [0.25, 0.3) is 10.2 Å². The van der Waals surface area contributed by atoms with E-state index in [1.54, 1.807) is 15.9 Å². The van der Waals surface area contributed by atoms with E-state index in [0.29, 0.717) is 17.6 Å². The van der Waals surface area contributed by atoms with Gasteiger partial charge in [0.1, 0.15) is 4.83 Å². The summed E-state index contributed by atoms with van der Waals surface area (Å²) >= 11 is 2.78. The predicted molar refractivity (Wildman–Crippen MR) is 118 cm³/mol. The number of nitrogens with one attached hydrogen (secondary N) is 2. The van der Waals surface area contributed by atoms with Gasteiger partial charge in [0.05, 0.1) is 11.1 Å². The zero-order valence-electron chi connectivity index (χ0n) is 17.5. The molecule has 0 fully saturated rings. The molecule has 158 valence electrons. The van der Waals surface area contributed by atoms with Gasteiger partial charge in [0.15, 0.2) is 5.16 Å². The zero-order chi connectivity index (χ0) is 21.3. The molecular formula is C20H28N4O3S2. The van der Waals surface area contributed by atoms with Gasteiger partial charge in [-0.2, -0.15) is 0 Å². The van der Waals surface area contributed by atoms with Crippen molar-refractivity contribution in [2.75, 3.05) is 5.75 Å². The Morgan fingerprint density at radius 2 is 2.07 bits per heavy atom. The number of carbonyl (C=O) groups is 2. The molecule has 1 aliphatic rings. The van der Waals surface area contributed by atoms with E-state index in [4.69, 9.17) is 4.98 Å². The molecule has 1 aliphatic carbocycles. The van der Waals surface area contributed by atoms with Crippen molar-refractivity contribution in [1.29, 1.82) is 0 Å². The first-order valence-electron chi connectivity index (χ1n) is 9.89. The highest BCUT2D eigenvalue weighted by atomic mass is 32.2.